The summed E-state index contributed by atoms with van der Waals surface area (Å²) in [4.78, 5) is 0. The van der Waals surface area contributed by atoms with Crippen LogP contribution in [0.4, 0.5) is 5.69 Å². The molecule has 3 heteroatoms. The predicted octanol–water partition coefficient (Wildman–Crippen LogP) is 4.74. The SMILES string of the molecule is Cc1cc(Br)cc(C)c1NCc1ccsc1. The zero-order chi connectivity index (χ0) is 11.5. The Labute approximate surface area is 109 Å². The van der Waals surface area contributed by atoms with Gasteiger partial charge in [0.2, 0.25) is 0 Å². The Bertz CT molecular complexity index is 454. The molecule has 0 bridgehead atoms. The minimum absolute atomic E-state index is 0.896. The van der Waals surface area contributed by atoms with Crippen molar-refractivity contribution in [2.24, 2.45) is 0 Å². The van der Waals surface area contributed by atoms with E-state index in [1.54, 1.807) is 11.3 Å². The van der Waals surface area contributed by atoms with Crippen molar-refractivity contribution in [2.45, 2.75) is 20.4 Å². The number of thiophene rings is 1. The molecule has 0 unspecified atom stereocenters. The molecule has 1 aromatic carbocycles. The second kappa shape index (κ2) is 5.02. The minimum Gasteiger partial charge on any atom is -0.381 e. The van der Waals surface area contributed by atoms with Crippen LogP contribution in [0.3, 0.4) is 0 Å². The lowest BCUT2D eigenvalue weighted by molar-refractivity contribution is 1.14. The first kappa shape index (κ1) is 11.7. The van der Waals surface area contributed by atoms with Crippen molar-refractivity contribution in [2.75, 3.05) is 5.32 Å². The number of hydrogen-bond donors (Lipinski definition) is 1. The van der Waals surface area contributed by atoms with E-state index in [2.05, 4.69) is 64.1 Å². The molecule has 0 aliphatic rings. The Hall–Kier alpha value is -0.800. The van der Waals surface area contributed by atoms with Crippen molar-refractivity contribution < 1.29 is 0 Å². The fraction of sp³-hybridized carbons (Fsp3) is 0.231. The van der Waals surface area contributed by atoms with Gasteiger partial charge in [-0.3, -0.25) is 0 Å². The van der Waals surface area contributed by atoms with Gasteiger partial charge in [-0.05, 0) is 59.5 Å². The molecule has 16 heavy (non-hydrogen) atoms. The first-order valence-electron chi connectivity index (χ1n) is 5.18. The van der Waals surface area contributed by atoms with E-state index in [1.807, 2.05) is 0 Å². The predicted molar refractivity (Wildman–Crippen MR) is 75.3 cm³/mol. The quantitative estimate of drug-likeness (QED) is 0.862. The molecule has 0 fully saturated rings. The van der Waals surface area contributed by atoms with Crippen LogP contribution < -0.4 is 5.32 Å². The second-order valence-corrected chi connectivity index (χ2v) is 5.60. The number of aryl methyl sites for hydroxylation is 2. The topological polar surface area (TPSA) is 12.0 Å². The van der Waals surface area contributed by atoms with Crippen LogP contribution in [0.2, 0.25) is 0 Å². The number of hydrogen-bond acceptors (Lipinski definition) is 2. The third-order valence-corrected chi connectivity index (χ3v) is 3.74. The first-order valence-corrected chi connectivity index (χ1v) is 6.92. The Balaban J connectivity index is 2.15. The van der Waals surface area contributed by atoms with Crippen molar-refractivity contribution in [1.82, 2.24) is 0 Å². The summed E-state index contributed by atoms with van der Waals surface area (Å²) in [6, 6.07) is 6.44. The highest BCUT2D eigenvalue weighted by atomic mass is 79.9. The van der Waals surface area contributed by atoms with E-state index in [1.165, 1.54) is 22.4 Å². The van der Waals surface area contributed by atoms with Crippen LogP contribution >= 0.6 is 27.3 Å². The molecule has 0 aliphatic heterocycles. The van der Waals surface area contributed by atoms with Crippen LogP contribution in [0.15, 0.2) is 33.4 Å². The van der Waals surface area contributed by atoms with E-state index in [4.69, 9.17) is 0 Å². The maximum Gasteiger partial charge on any atom is 0.0409 e. The van der Waals surface area contributed by atoms with E-state index in [9.17, 15) is 0 Å². The molecule has 1 heterocycles. The van der Waals surface area contributed by atoms with Crippen LogP contribution in [0.5, 0.6) is 0 Å². The molecule has 84 valence electrons. The van der Waals surface area contributed by atoms with Gasteiger partial charge in [-0.1, -0.05) is 15.9 Å². The van der Waals surface area contributed by atoms with Gasteiger partial charge in [0.1, 0.15) is 0 Å². The average Bonchev–Trinajstić information content (AvgIpc) is 2.68. The van der Waals surface area contributed by atoms with Gasteiger partial charge in [-0.2, -0.15) is 11.3 Å². The molecular formula is C13H14BrNS. The molecule has 1 N–H and O–H groups in total. The smallest absolute Gasteiger partial charge is 0.0409 e. The summed E-state index contributed by atoms with van der Waals surface area (Å²) < 4.78 is 1.14. The van der Waals surface area contributed by atoms with Gasteiger partial charge in [0.25, 0.3) is 0 Å². The number of nitrogens with one attached hydrogen (secondary N) is 1. The van der Waals surface area contributed by atoms with Gasteiger partial charge in [-0.15, -0.1) is 0 Å². The Kier molecular flexibility index (Phi) is 3.66. The number of benzene rings is 1. The summed E-state index contributed by atoms with van der Waals surface area (Å²) in [7, 11) is 0. The number of anilines is 1. The lowest BCUT2D eigenvalue weighted by Crippen LogP contribution is -2.02. The fourth-order valence-corrected chi connectivity index (χ4v) is 3.13. The second-order valence-electron chi connectivity index (χ2n) is 3.90. The maximum atomic E-state index is 3.51. The van der Waals surface area contributed by atoms with Crippen molar-refractivity contribution >= 4 is 33.0 Å². The van der Waals surface area contributed by atoms with E-state index in [0.29, 0.717) is 0 Å². The van der Waals surface area contributed by atoms with Gasteiger partial charge < -0.3 is 5.32 Å². The number of halogens is 1. The zero-order valence-electron chi connectivity index (χ0n) is 9.38. The molecule has 0 amide bonds. The monoisotopic (exact) mass is 295 g/mol. The average molecular weight is 296 g/mol. The number of rotatable bonds is 3. The Morgan fingerprint density at radius 3 is 2.50 bits per heavy atom. The van der Waals surface area contributed by atoms with Gasteiger partial charge in [0.05, 0.1) is 0 Å². The summed E-state index contributed by atoms with van der Waals surface area (Å²) in [6.07, 6.45) is 0. The Morgan fingerprint density at radius 2 is 1.94 bits per heavy atom. The zero-order valence-corrected chi connectivity index (χ0v) is 11.8. The van der Waals surface area contributed by atoms with E-state index < -0.39 is 0 Å². The molecule has 2 aromatic rings. The summed E-state index contributed by atoms with van der Waals surface area (Å²) in [5.41, 5.74) is 5.14. The van der Waals surface area contributed by atoms with E-state index in [0.717, 1.165) is 11.0 Å². The van der Waals surface area contributed by atoms with Crippen LogP contribution in [-0.4, -0.2) is 0 Å². The highest BCUT2D eigenvalue weighted by molar-refractivity contribution is 9.10. The summed E-state index contributed by atoms with van der Waals surface area (Å²) in [5, 5.41) is 7.78. The van der Waals surface area contributed by atoms with E-state index >= 15 is 0 Å². The highest BCUT2D eigenvalue weighted by Gasteiger charge is 2.03. The van der Waals surface area contributed by atoms with Gasteiger partial charge >= 0.3 is 0 Å². The molecule has 0 radical (unpaired) electrons. The molecule has 2 rings (SSSR count). The fourth-order valence-electron chi connectivity index (χ4n) is 1.77. The molecule has 0 saturated carbocycles. The van der Waals surface area contributed by atoms with Gasteiger partial charge in [-0.25, -0.2) is 0 Å². The van der Waals surface area contributed by atoms with Crippen molar-refractivity contribution in [3.63, 3.8) is 0 Å². The summed E-state index contributed by atoms with van der Waals surface area (Å²) >= 11 is 5.25. The molecule has 1 aromatic heterocycles. The van der Waals surface area contributed by atoms with Crippen molar-refractivity contribution in [1.29, 1.82) is 0 Å². The molecule has 0 atom stereocenters. The van der Waals surface area contributed by atoms with Crippen LogP contribution in [0.1, 0.15) is 16.7 Å². The van der Waals surface area contributed by atoms with Crippen molar-refractivity contribution in [3.05, 3.63) is 50.1 Å². The summed E-state index contributed by atoms with van der Waals surface area (Å²) in [5.74, 6) is 0. The molecule has 1 nitrogen and oxygen atoms in total. The largest absolute Gasteiger partial charge is 0.381 e. The highest BCUT2D eigenvalue weighted by Crippen LogP contribution is 2.25. The first-order chi connectivity index (χ1) is 7.66. The van der Waals surface area contributed by atoms with Gasteiger partial charge in [0.15, 0.2) is 0 Å². The van der Waals surface area contributed by atoms with Gasteiger partial charge in [0, 0.05) is 16.7 Å². The Morgan fingerprint density at radius 1 is 1.25 bits per heavy atom. The van der Waals surface area contributed by atoms with E-state index in [-0.39, 0.29) is 0 Å². The maximum absolute atomic E-state index is 3.51. The molecule has 0 spiro atoms. The molecular weight excluding hydrogens is 282 g/mol. The van der Waals surface area contributed by atoms with Crippen LogP contribution in [0.25, 0.3) is 0 Å². The lowest BCUT2D eigenvalue weighted by atomic mass is 10.1. The minimum atomic E-state index is 0.896. The third kappa shape index (κ3) is 2.66. The lowest BCUT2D eigenvalue weighted by Gasteiger charge is -2.12. The third-order valence-electron chi connectivity index (χ3n) is 2.55. The molecule has 0 aliphatic carbocycles. The normalized spacial score (nSPS) is 10.4. The van der Waals surface area contributed by atoms with Crippen molar-refractivity contribution in [3.8, 4) is 0 Å². The van der Waals surface area contributed by atoms with Crippen LogP contribution in [0, 0.1) is 13.8 Å². The van der Waals surface area contributed by atoms with Crippen LogP contribution in [-0.2, 0) is 6.54 Å². The summed E-state index contributed by atoms with van der Waals surface area (Å²) in [6.45, 7) is 5.16. The standard InChI is InChI=1S/C13H14BrNS/c1-9-5-12(14)6-10(2)13(9)15-7-11-3-4-16-8-11/h3-6,8,15H,7H2,1-2H3. The molecule has 0 saturated heterocycles.